The number of benzene rings is 2. The topological polar surface area (TPSA) is 72.5 Å². The smallest absolute Gasteiger partial charge is 0.425 e. The van der Waals surface area contributed by atoms with Crippen molar-refractivity contribution in [1.29, 1.82) is 0 Å². The Morgan fingerprint density at radius 1 is 1.09 bits per heavy atom. The number of hydrogen-bond acceptors (Lipinski definition) is 4. The van der Waals surface area contributed by atoms with Crippen LogP contribution >= 0.6 is 0 Å². The minimum atomic E-state index is -4.61. The number of halogens is 3. The van der Waals surface area contributed by atoms with Crippen molar-refractivity contribution in [2.24, 2.45) is 0 Å². The molecular weight excluding hydrogens is 457 g/mol. The van der Waals surface area contributed by atoms with E-state index in [1.807, 2.05) is 12.1 Å². The van der Waals surface area contributed by atoms with Crippen molar-refractivity contribution in [3.8, 4) is 11.3 Å². The zero-order valence-electron chi connectivity index (χ0n) is 19.6. The zero-order chi connectivity index (χ0) is 24.7. The molecule has 9 heteroatoms. The van der Waals surface area contributed by atoms with Crippen LogP contribution in [0.25, 0.3) is 22.2 Å². The molecule has 0 bridgehead atoms. The lowest BCUT2D eigenvalue weighted by Crippen LogP contribution is -2.32. The SMILES string of the molecule is C[C@@H](OC(=O)Nc1ccc(-c2c(N)c3ccc(N4CCCC4)cc3n2C2CCC2)cc1)C(F)(F)F. The number of aromatic nitrogens is 1. The van der Waals surface area contributed by atoms with Gasteiger partial charge in [0.05, 0.1) is 16.9 Å². The summed E-state index contributed by atoms with van der Waals surface area (Å²) in [7, 11) is 0. The summed E-state index contributed by atoms with van der Waals surface area (Å²) in [5.74, 6) is 0. The summed E-state index contributed by atoms with van der Waals surface area (Å²) in [4.78, 5) is 14.3. The first kappa shape index (κ1) is 23.4. The first-order valence-electron chi connectivity index (χ1n) is 12.1. The van der Waals surface area contributed by atoms with E-state index in [2.05, 4.69) is 37.7 Å². The second-order valence-corrected chi connectivity index (χ2v) is 9.40. The lowest BCUT2D eigenvalue weighted by atomic mass is 9.92. The van der Waals surface area contributed by atoms with E-state index >= 15 is 0 Å². The molecule has 6 nitrogen and oxygen atoms in total. The highest BCUT2D eigenvalue weighted by Gasteiger charge is 2.39. The molecule has 3 aromatic rings. The van der Waals surface area contributed by atoms with Gasteiger partial charge < -0.3 is 19.9 Å². The molecule has 2 heterocycles. The van der Waals surface area contributed by atoms with E-state index < -0.39 is 18.4 Å². The third kappa shape index (κ3) is 4.51. The van der Waals surface area contributed by atoms with Crippen molar-refractivity contribution in [2.45, 2.75) is 57.3 Å². The van der Waals surface area contributed by atoms with Crippen LogP contribution < -0.4 is 16.0 Å². The summed E-state index contributed by atoms with van der Waals surface area (Å²) in [6, 6.07) is 13.8. The van der Waals surface area contributed by atoms with E-state index in [-0.39, 0.29) is 0 Å². The molecule has 2 aliphatic rings. The number of nitrogen functional groups attached to an aromatic ring is 1. The first-order chi connectivity index (χ1) is 16.7. The predicted molar refractivity (Wildman–Crippen MR) is 132 cm³/mol. The van der Waals surface area contributed by atoms with Gasteiger partial charge in [-0.2, -0.15) is 13.2 Å². The Morgan fingerprint density at radius 3 is 2.37 bits per heavy atom. The number of anilines is 3. The molecule has 1 aliphatic carbocycles. The van der Waals surface area contributed by atoms with Crippen molar-refractivity contribution in [2.75, 3.05) is 29.0 Å². The Hall–Kier alpha value is -3.36. The molecule has 1 amide bonds. The number of rotatable bonds is 5. The highest BCUT2D eigenvalue weighted by Crippen LogP contribution is 2.45. The van der Waals surface area contributed by atoms with Crippen molar-refractivity contribution in [3.63, 3.8) is 0 Å². The minimum Gasteiger partial charge on any atom is -0.437 e. The molecule has 1 aliphatic heterocycles. The Labute approximate surface area is 201 Å². The molecule has 0 unspecified atom stereocenters. The monoisotopic (exact) mass is 486 g/mol. The Morgan fingerprint density at radius 2 is 1.77 bits per heavy atom. The number of hydrogen-bond donors (Lipinski definition) is 2. The number of nitrogens with zero attached hydrogens (tertiary/aromatic N) is 2. The van der Waals surface area contributed by atoms with Crippen LogP contribution in [0.15, 0.2) is 42.5 Å². The summed E-state index contributed by atoms with van der Waals surface area (Å²) < 4.78 is 44.7. The molecule has 2 fully saturated rings. The lowest BCUT2D eigenvalue weighted by molar-refractivity contribution is -0.196. The van der Waals surface area contributed by atoms with Crippen LogP contribution in [0.2, 0.25) is 0 Å². The maximum absolute atomic E-state index is 12.6. The van der Waals surface area contributed by atoms with Gasteiger partial charge in [-0.15, -0.1) is 0 Å². The highest BCUT2D eigenvalue weighted by molar-refractivity contribution is 6.02. The average molecular weight is 487 g/mol. The fourth-order valence-electron chi connectivity index (χ4n) is 4.90. The number of alkyl halides is 3. The molecule has 0 spiro atoms. The fourth-order valence-corrected chi connectivity index (χ4v) is 4.90. The van der Waals surface area contributed by atoms with Gasteiger partial charge in [-0.25, -0.2) is 4.79 Å². The second kappa shape index (κ2) is 9.02. The summed E-state index contributed by atoms with van der Waals surface area (Å²) in [5, 5.41) is 3.37. The van der Waals surface area contributed by atoms with Crippen LogP contribution in [0.1, 0.15) is 45.1 Å². The molecule has 186 valence electrons. The van der Waals surface area contributed by atoms with E-state index in [0.29, 0.717) is 17.4 Å². The van der Waals surface area contributed by atoms with E-state index in [4.69, 9.17) is 5.73 Å². The summed E-state index contributed by atoms with van der Waals surface area (Å²) in [5.41, 5.74) is 11.9. The van der Waals surface area contributed by atoms with Gasteiger partial charge in [0.25, 0.3) is 0 Å². The Balaban J connectivity index is 1.45. The third-order valence-electron chi connectivity index (χ3n) is 7.09. The molecule has 1 saturated heterocycles. The van der Waals surface area contributed by atoms with Gasteiger partial charge in [0.15, 0.2) is 6.10 Å². The van der Waals surface area contributed by atoms with E-state index in [1.54, 1.807) is 12.1 Å². The van der Waals surface area contributed by atoms with Gasteiger partial charge in [0.1, 0.15) is 0 Å². The largest absolute Gasteiger partial charge is 0.437 e. The molecule has 35 heavy (non-hydrogen) atoms. The van der Waals surface area contributed by atoms with Crippen LogP contribution in [0.5, 0.6) is 0 Å². The fraction of sp³-hybridized carbons (Fsp3) is 0.423. The number of carbonyl (C=O) groups is 1. The maximum Gasteiger partial charge on any atom is 0.425 e. The number of carbonyl (C=O) groups excluding carboxylic acids is 1. The van der Waals surface area contributed by atoms with Crippen molar-refractivity contribution in [3.05, 3.63) is 42.5 Å². The molecule has 5 rings (SSSR count). The molecule has 0 radical (unpaired) electrons. The van der Waals surface area contributed by atoms with Gasteiger partial charge in [-0.3, -0.25) is 5.32 Å². The molecular formula is C26H29F3N4O2. The van der Waals surface area contributed by atoms with E-state index in [0.717, 1.165) is 55.0 Å². The molecule has 1 atom stereocenters. The van der Waals surface area contributed by atoms with Crippen LogP contribution in [0, 0.1) is 0 Å². The second-order valence-electron chi connectivity index (χ2n) is 9.40. The molecule has 1 saturated carbocycles. The van der Waals surface area contributed by atoms with Crippen LogP contribution in [0.3, 0.4) is 0 Å². The standard InChI is InChI=1S/C26H29F3N4O2/c1-16(26(27,28)29)35-25(34)31-18-9-7-17(8-10-18)24-23(30)21-12-11-20(32-13-2-3-14-32)15-22(21)33(24)19-5-4-6-19/h7-12,15-16,19H,2-6,13-14,30H2,1H3,(H,31,34)/t16-/m1/s1. The van der Waals surface area contributed by atoms with Crippen LogP contribution in [0.4, 0.5) is 35.0 Å². The number of nitrogens with one attached hydrogen (secondary N) is 1. The number of amides is 1. The molecule has 1 aromatic heterocycles. The normalized spacial score (nSPS) is 17.4. The zero-order valence-corrected chi connectivity index (χ0v) is 19.6. The van der Waals surface area contributed by atoms with Gasteiger partial charge in [0.2, 0.25) is 0 Å². The Bertz CT molecular complexity index is 1230. The van der Waals surface area contributed by atoms with Crippen molar-refractivity contribution in [1.82, 2.24) is 4.57 Å². The molecule has 3 N–H and O–H groups in total. The minimum absolute atomic E-state index is 0.342. The Kier molecular flexibility index (Phi) is 6.02. The maximum atomic E-state index is 12.6. The van der Waals surface area contributed by atoms with Crippen LogP contribution in [-0.4, -0.2) is 36.0 Å². The number of ether oxygens (including phenoxy) is 1. The van der Waals surface area contributed by atoms with Gasteiger partial charge >= 0.3 is 12.3 Å². The number of nitrogens with two attached hydrogens (primary N) is 1. The van der Waals surface area contributed by atoms with E-state index in [1.165, 1.54) is 24.9 Å². The van der Waals surface area contributed by atoms with Gasteiger partial charge in [0, 0.05) is 41.5 Å². The molecule has 2 aromatic carbocycles. The van der Waals surface area contributed by atoms with Crippen molar-refractivity contribution >= 4 is 34.1 Å². The highest BCUT2D eigenvalue weighted by atomic mass is 19.4. The summed E-state index contributed by atoms with van der Waals surface area (Å²) in [6.07, 6.45) is -2.18. The first-order valence-corrected chi connectivity index (χ1v) is 12.1. The van der Waals surface area contributed by atoms with E-state index in [9.17, 15) is 18.0 Å². The van der Waals surface area contributed by atoms with Gasteiger partial charge in [-0.1, -0.05) is 12.1 Å². The average Bonchev–Trinajstić information content (AvgIpc) is 3.40. The van der Waals surface area contributed by atoms with Crippen molar-refractivity contribution < 1.29 is 22.7 Å². The quantitative estimate of drug-likeness (QED) is 0.420. The third-order valence-corrected chi connectivity index (χ3v) is 7.09. The predicted octanol–water partition coefficient (Wildman–Crippen LogP) is 6.72. The summed E-state index contributed by atoms with van der Waals surface area (Å²) >= 11 is 0. The number of fused-ring (bicyclic) bond motifs is 1. The summed E-state index contributed by atoms with van der Waals surface area (Å²) in [6.45, 7) is 2.92. The lowest BCUT2D eigenvalue weighted by Gasteiger charge is -2.30. The van der Waals surface area contributed by atoms with Crippen LogP contribution in [-0.2, 0) is 4.74 Å². The van der Waals surface area contributed by atoms with Gasteiger partial charge in [-0.05, 0) is 69.4 Å².